The molecule has 104 valence electrons. The van der Waals surface area contributed by atoms with Gasteiger partial charge in [0.15, 0.2) is 0 Å². The van der Waals surface area contributed by atoms with Crippen LogP contribution in [0.25, 0.3) is 0 Å². The van der Waals surface area contributed by atoms with E-state index in [-0.39, 0.29) is 36.0 Å². The van der Waals surface area contributed by atoms with Crippen molar-refractivity contribution in [3.05, 3.63) is 0 Å². The second-order valence-corrected chi connectivity index (χ2v) is 3.80. The van der Waals surface area contributed by atoms with E-state index in [1.54, 1.807) is 13.8 Å². The Bertz CT molecular complexity index is 331. The number of carbonyl (C=O) groups is 2. The topological polar surface area (TPSA) is 138 Å². The van der Waals surface area contributed by atoms with Gasteiger partial charge >= 0.3 is 51.9 Å². The molecule has 0 saturated heterocycles. The molecule has 0 bridgehead atoms. The molecule has 1 unspecified atom stereocenters. The van der Waals surface area contributed by atoms with Crippen LogP contribution < -0.4 is 0 Å². The molecule has 0 aliphatic heterocycles. The van der Waals surface area contributed by atoms with Crippen molar-refractivity contribution >= 4 is 51.9 Å². The minimum atomic E-state index is -4.67. The van der Waals surface area contributed by atoms with E-state index in [9.17, 15) is 9.59 Å². The molecule has 18 heavy (non-hydrogen) atoms. The van der Waals surface area contributed by atoms with Gasteiger partial charge in [-0.2, -0.15) is 8.42 Å². The van der Waals surface area contributed by atoms with Gasteiger partial charge in [-0.3, -0.25) is 18.7 Å². The molecule has 0 fully saturated rings. The molecular weight excluding hydrogens is 279 g/mol. The van der Waals surface area contributed by atoms with Gasteiger partial charge in [0, 0.05) is 0 Å². The first kappa shape index (κ1) is 22.9. The van der Waals surface area contributed by atoms with E-state index in [2.05, 4.69) is 0 Å². The molecule has 0 spiro atoms. The van der Waals surface area contributed by atoms with Gasteiger partial charge in [-0.25, -0.2) is 0 Å². The van der Waals surface area contributed by atoms with Crippen LogP contribution in [0.15, 0.2) is 0 Å². The van der Waals surface area contributed by atoms with Crippen molar-refractivity contribution in [2.75, 3.05) is 6.61 Å². The number of hydrogen-bond acceptors (Lipinski definition) is 5. The van der Waals surface area contributed by atoms with E-state index in [1.165, 1.54) is 0 Å². The molecular formula is C8H17NaO8S. The third-order valence-corrected chi connectivity index (χ3v) is 1.53. The van der Waals surface area contributed by atoms with E-state index >= 15 is 0 Å². The Morgan fingerprint density at radius 1 is 1.22 bits per heavy atom. The summed E-state index contributed by atoms with van der Waals surface area (Å²) in [6.45, 7) is 3.77. The Morgan fingerprint density at radius 2 is 1.61 bits per heavy atom. The quantitative estimate of drug-likeness (QED) is 0.358. The molecule has 1 atom stereocenters. The minimum absolute atomic E-state index is 0. The van der Waals surface area contributed by atoms with Gasteiger partial charge in [-0.1, -0.05) is 6.92 Å². The van der Waals surface area contributed by atoms with Gasteiger partial charge in [-0.15, -0.1) is 0 Å². The van der Waals surface area contributed by atoms with Gasteiger partial charge in [0.2, 0.25) is 0 Å². The van der Waals surface area contributed by atoms with Crippen molar-refractivity contribution < 1.29 is 37.0 Å². The summed E-state index contributed by atoms with van der Waals surface area (Å²) < 4.78 is 36.3. The van der Waals surface area contributed by atoms with Crippen molar-refractivity contribution in [1.82, 2.24) is 0 Å². The van der Waals surface area contributed by atoms with Crippen LogP contribution in [0.5, 0.6) is 0 Å². The third-order valence-electron chi connectivity index (χ3n) is 1.53. The normalized spacial score (nSPS) is 11.3. The molecule has 0 heterocycles. The Labute approximate surface area is 128 Å². The van der Waals surface area contributed by atoms with Gasteiger partial charge in [0.25, 0.3) is 0 Å². The molecule has 0 aliphatic carbocycles. The van der Waals surface area contributed by atoms with Crippen LogP contribution in [0.3, 0.4) is 0 Å². The molecule has 0 aromatic heterocycles. The average Bonchev–Trinajstić information content (AvgIpc) is 2.11. The molecule has 0 radical (unpaired) electrons. The van der Waals surface area contributed by atoms with E-state index in [0.717, 1.165) is 0 Å². The number of carbonyl (C=O) groups excluding carboxylic acids is 1. The summed E-state index contributed by atoms with van der Waals surface area (Å²) in [6.07, 6.45) is 0.362. The van der Waals surface area contributed by atoms with Crippen LogP contribution in [-0.4, -0.2) is 70.7 Å². The second kappa shape index (κ2) is 11.9. The zero-order valence-electron chi connectivity index (χ0n) is 9.49. The average molecular weight is 296 g/mol. The van der Waals surface area contributed by atoms with Crippen LogP contribution >= 0.6 is 0 Å². The fourth-order valence-corrected chi connectivity index (χ4v) is 0.865. The molecule has 0 rings (SSSR count). The first-order chi connectivity index (χ1) is 7.61. The Kier molecular flexibility index (Phi) is 15.1. The summed E-state index contributed by atoms with van der Waals surface area (Å²) >= 11 is 0. The fourth-order valence-electron chi connectivity index (χ4n) is 0.865. The maximum absolute atomic E-state index is 11.0. The van der Waals surface area contributed by atoms with Crippen molar-refractivity contribution in [2.24, 2.45) is 5.92 Å². The zero-order chi connectivity index (χ0) is 14.1. The molecule has 0 aliphatic rings. The summed E-state index contributed by atoms with van der Waals surface area (Å²) in [4.78, 5) is 21.3. The van der Waals surface area contributed by atoms with Crippen LogP contribution in [0.2, 0.25) is 0 Å². The molecule has 0 aromatic rings. The van der Waals surface area contributed by atoms with Crippen molar-refractivity contribution in [2.45, 2.75) is 26.7 Å². The molecule has 0 amide bonds. The van der Waals surface area contributed by atoms with Gasteiger partial charge in [0.05, 0.1) is 18.9 Å². The summed E-state index contributed by atoms with van der Waals surface area (Å²) in [6, 6.07) is 0. The van der Waals surface area contributed by atoms with Crippen LogP contribution in [0, 0.1) is 5.92 Å². The Hall–Kier alpha value is -0.190. The van der Waals surface area contributed by atoms with Crippen LogP contribution in [0.4, 0.5) is 0 Å². The molecule has 3 N–H and O–H groups in total. The summed E-state index contributed by atoms with van der Waals surface area (Å²) in [5, 5.41) is 8.42. The van der Waals surface area contributed by atoms with Crippen LogP contribution in [-0.2, 0) is 24.7 Å². The second-order valence-electron chi connectivity index (χ2n) is 2.90. The van der Waals surface area contributed by atoms with Crippen molar-refractivity contribution in [1.29, 1.82) is 0 Å². The number of rotatable bonds is 5. The molecule has 8 nitrogen and oxygen atoms in total. The summed E-state index contributed by atoms with van der Waals surface area (Å²) in [5.41, 5.74) is 0. The van der Waals surface area contributed by atoms with E-state index < -0.39 is 28.3 Å². The number of carboxylic acid groups (broad SMARTS) is 1. The molecule has 0 aromatic carbocycles. The molecule has 10 heteroatoms. The van der Waals surface area contributed by atoms with Gasteiger partial charge in [0.1, 0.15) is 0 Å². The predicted molar refractivity (Wildman–Crippen MR) is 64.0 cm³/mol. The third kappa shape index (κ3) is 21.1. The first-order valence-corrected chi connectivity index (χ1v) is 6.09. The maximum atomic E-state index is 11.0. The van der Waals surface area contributed by atoms with Crippen molar-refractivity contribution in [3.63, 3.8) is 0 Å². The Morgan fingerprint density at radius 3 is 1.83 bits per heavy atom. The van der Waals surface area contributed by atoms with E-state index in [1.807, 2.05) is 0 Å². The SMILES string of the molecule is CCOC(=O)C(CC)CC(=O)O.O=S(=O)(O)O.[NaH]. The van der Waals surface area contributed by atoms with Crippen molar-refractivity contribution in [3.8, 4) is 0 Å². The van der Waals surface area contributed by atoms with Gasteiger partial charge in [-0.05, 0) is 13.3 Å². The van der Waals surface area contributed by atoms with E-state index in [0.29, 0.717) is 13.0 Å². The zero-order valence-corrected chi connectivity index (χ0v) is 10.3. The Balaban J connectivity index is -0.000000321. The number of hydrogen-bond donors (Lipinski definition) is 3. The first-order valence-electron chi connectivity index (χ1n) is 4.70. The molecule has 0 saturated carbocycles. The summed E-state index contributed by atoms with van der Waals surface area (Å²) in [7, 11) is -4.67. The number of aliphatic carboxylic acids is 1. The number of carboxylic acids is 1. The monoisotopic (exact) mass is 296 g/mol. The van der Waals surface area contributed by atoms with Gasteiger partial charge < -0.3 is 9.84 Å². The van der Waals surface area contributed by atoms with Crippen LogP contribution in [0.1, 0.15) is 26.7 Å². The fraction of sp³-hybridized carbons (Fsp3) is 0.750. The standard InChI is InChI=1S/C8H14O4.Na.H2O4S.H/c1-3-6(5-7(9)10)8(11)12-4-2;;1-5(2,3)4;/h6H,3-5H2,1-2H3,(H,9,10);;(H2,1,2,3,4);. The number of esters is 1. The summed E-state index contributed by atoms with van der Waals surface area (Å²) in [5.74, 6) is -1.88. The van der Waals surface area contributed by atoms with E-state index in [4.69, 9.17) is 27.4 Å². The predicted octanol–water partition coefficient (Wildman–Crippen LogP) is -0.251. The number of ether oxygens (including phenoxy) is 1.